The Balaban J connectivity index is 2.29. The van der Waals surface area contributed by atoms with Crippen molar-refractivity contribution >= 4 is 5.97 Å². The number of hydrogen-bond donors (Lipinski definition) is 0. The number of carbonyl (C=O) groups excluding carboxylic acids is 1. The zero-order chi connectivity index (χ0) is 11.5. The molecule has 0 aromatic rings. The van der Waals surface area contributed by atoms with Crippen molar-refractivity contribution in [3.63, 3.8) is 0 Å². The van der Waals surface area contributed by atoms with Crippen molar-refractivity contribution in [2.75, 3.05) is 7.11 Å². The van der Waals surface area contributed by atoms with E-state index in [9.17, 15) is 4.79 Å². The van der Waals surface area contributed by atoms with Crippen LogP contribution in [0.2, 0.25) is 0 Å². The Morgan fingerprint density at radius 2 is 2.27 bits per heavy atom. The molecule has 1 aliphatic carbocycles. The number of allylic oxidation sites excluding steroid dienone is 1. The zero-order valence-electron chi connectivity index (χ0n) is 10.2. The molecule has 1 saturated carbocycles. The normalized spacial score (nSPS) is 29.8. The van der Waals surface area contributed by atoms with E-state index in [1.807, 2.05) is 6.08 Å². The Morgan fingerprint density at radius 3 is 2.80 bits per heavy atom. The molecule has 0 amide bonds. The molecule has 2 nitrogen and oxygen atoms in total. The van der Waals surface area contributed by atoms with Crippen LogP contribution in [-0.2, 0) is 9.53 Å². The third-order valence-electron chi connectivity index (χ3n) is 3.33. The molecular weight excluding hydrogens is 188 g/mol. The molecule has 0 saturated heterocycles. The summed E-state index contributed by atoms with van der Waals surface area (Å²) < 4.78 is 4.55. The third-order valence-corrected chi connectivity index (χ3v) is 3.33. The first-order valence-corrected chi connectivity index (χ1v) is 5.72. The molecule has 0 heterocycles. The van der Waals surface area contributed by atoms with Gasteiger partial charge in [0.25, 0.3) is 0 Å². The van der Waals surface area contributed by atoms with Crippen LogP contribution in [0, 0.1) is 17.3 Å². The highest BCUT2D eigenvalue weighted by molar-refractivity contribution is 5.81. The van der Waals surface area contributed by atoms with Gasteiger partial charge in [0.2, 0.25) is 0 Å². The minimum Gasteiger partial charge on any atom is -0.466 e. The van der Waals surface area contributed by atoms with Crippen LogP contribution in [0.5, 0.6) is 0 Å². The van der Waals surface area contributed by atoms with Crippen molar-refractivity contribution in [3.8, 4) is 0 Å². The summed E-state index contributed by atoms with van der Waals surface area (Å²) in [7, 11) is 1.41. The average Bonchev–Trinajstić information content (AvgIpc) is 2.75. The standard InChI is InChI=1S/C13H22O2/c1-10(2)8-11-9-13(11,3)7-5-6-12(14)15-4/h5-6,10-11H,7-9H2,1-4H3. The van der Waals surface area contributed by atoms with Crippen molar-refractivity contribution in [2.45, 2.75) is 40.0 Å². The van der Waals surface area contributed by atoms with Gasteiger partial charge in [-0.05, 0) is 36.5 Å². The molecule has 1 rings (SSSR count). The molecule has 15 heavy (non-hydrogen) atoms. The predicted octanol–water partition coefficient (Wildman–Crippen LogP) is 3.18. The lowest BCUT2D eigenvalue weighted by Gasteiger charge is -2.09. The molecule has 1 fully saturated rings. The monoisotopic (exact) mass is 210 g/mol. The van der Waals surface area contributed by atoms with Crippen LogP contribution in [0.25, 0.3) is 0 Å². The van der Waals surface area contributed by atoms with E-state index in [-0.39, 0.29) is 5.97 Å². The van der Waals surface area contributed by atoms with Gasteiger partial charge in [-0.25, -0.2) is 4.79 Å². The fourth-order valence-electron chi connectivity index (χ4n) is 2.18. The Morgan fingerprint density at radius 1 is 1.60 bits per heavy atom. The van der Waals surface area contributed by atoms with E-state index in [0.29, 0.717) is 5.41 Å². The van der Waals surface area contributed by atoms with Gasteiger partial charge in [0.1, 0.15) is 0 Å². The van der Waals surface area contributed by atoms with Gasteiger partial charge in [-0.2, -0.15) is 0 Å². The highest BCUT2D eigenvalue weighted by atomic mass is 16.5. The minimum atomic E-state index is -0.250. The van der Waals surface area contributed by atoms with Crippen LogP contribution in [0.15, 0.2) is 12.2 Å². The Hall–Kier alpha value is -0.790. The molecule has 0 N–H and O–H groups in total. The molecule has 0 aromatic heterocycles. The van der Waals surface area contributed by atoms with Gasteiger partial charge in [-0.1, -0.05) is 26.8 Å². The summed E-state index contributed by atoms with van der Waals surface area (Å²) in [5.74, 6) is 1.38. The molecule has 86 valence electrons. The number of esters is 1. The number of methoxy groups -OCH3 is 1. The van der Waals surface area contributed by atoms with E-state index in [1.165, 1.54) is 26.0 Å². The first-order chi connectivity index (χ1) is 6.98. The topological polar surface area (TPSA) is 26.3 Å². The highest BCUT2D eigenvalue weighted by Crippen LogP contribution is 2.57. The van der Waals surface area contributed by atoms with Gasteiger partial charge in [0.05, 0.1) is 7.11 Å². The fraction of sp³-hybridized carbons (Fsp3) is 0.769. The van der Waals surface area contributed by atoms with Crippen LogP contribution in [0.3, 0.4) is 0 Å². The third kappa shape index (κ3) is 3.69. The molecule has 2 heteroatoms. The predicted molar refractivity (Wildman–Crippen MR) is 61.4 cm³/mol. The van der Waals surface area contributed by atoms with Crippen molar-refractivity contribution in [1.29, 1.82) is 0 Å². The average molecular weight is 210 g/mol. The largest absolute Gasteiger partial charge is 0.466 e. The van der Waals surface area contributed by atoms with Gasteiger partial charge in [-0.15, -0.1) is 0 Å². The summed E-state index contributed by atoms with van der Waals surface area (Å²) in [5, 5.41) is 0. The summed E-state index contributed by atoms with van der Waals surface area (Å²) in [5.41, 5.74) is 0.439. The van der Waals surface area contributed by atoms with E-state index in [2.05, 4.69) is 25.5 Å². The second kappa shape index (κ2) is 4.82. The highest BCUT2D eigenvalue weighted by Gasteiger charge is 2.48. The summed E-state index contributed by atoms with van der Waals surface area (Å²) >= 11 is 0. The van der Waals surface area contributed by atoms with E-state index < -0.39 is 0 Å². The second-order valence-corrected chi connectivity index (χ2v) is 5.31. The molecule has 0 aromatic carbocycles. The molecule has 2 atom stereocenters. The van der Waals surface area contributed by atoms with E-state index in [1.54, 1.807) is 0 Å². The number of ether oxygens (including phenoxy) is 1. The first-order valence-electron chi connectivity index (χ1n) is 5.72. The Kier molecular flexibility index (Phi) is 3.95. The van der Waals surface area contributed by atoms with Gasteiger partial charge >= 0.3 is 5.97 Å². The van der Waals surface area contributed by atoms with Gasteiger partial charge in [-0.3, -0.25) is 0 Å². The first kappa shape index (κ1) is 12.3. The van der Waals surface area contributed by atoms with E-state index in [0.717, 1.165) is 18.3 Å². The zero-order valence-corrected chi connectivity index (χ0v) is 10.2. The van der Waals surface area contributed by atoms with Crippen molar-refractivity contribution < 1.29 is 9.53 Å². The van der Waals surface area contributed by atoms with Gasteiger partial charge in [0, 0.05) is 6.08 Å². The molecule has 0 spiro atoms. The molecule has 2 unspecified atom stereocenters. The lowest BCUT2D eigenvalue weighted by Crippen LogP contribution is -2.00. The fourth-order valence-corrected chi connectivity index (χ4v) is 2.18. The quantitative estimate of drug-likeness (QED) is 0.514. The van der Waals surface area contributed by atoms with E-state index in [4.69, 9.17) is 0 Å². The summed E-state index contributed by atoms with van der Waals surface area (Å²) in [6, 6.07) is 0. The van der Waals surface area contributed by atoms with E-state index >= 15 is 0 Å². The number of carbonyl (C=O) groups is 1. The van der Waals surface area contributed by atoms with Crippen molar-refractivity contribution in [1.82, 2.24) is 0 Å². The number of hydrogen-bond acceptors (Lipinski definition) is 2. The maximum atomic E-state index is 10.9. The number of rotatable bonds is 5. The molecule has 0 radical (unpaired) electrons. The lowest BCUT2D eigenvalue weighted by molar-refractivity contribution is -0.134. The summed E-state index contributed by atoms with van der Waals surface area (Å²) in [6.07, 6.45) is 7.10. The minimum absolute atomic E-state index is 0.250. The van der Waals surface area contributed by atoms with Crippen LogP contribution in [0.1, 0.15) is 40.0 Å². The second-order valence-electron chi connectivity index (χ2n) is 5.31. The summed E-state index contributed by atoms with van der Waals surface area (Å²) in [4.78, 5) is 10.9. The molecular formula is C13H22O2. The molecule has 0 aliphatic heterocycles. The van der Waals surface area contributed by atoms with Crippen LogP contribution >= 0.6 is 0 Å². The van der Waals surface area contributed by atoms with Crippen LogP contribution in [0.4, 0.5) is 0 Å². The maximum absolute atomic E-state index is 10.9. The molecule has 0 bridgehead atoms. The Bertz CT molecular complexity index is 255. The van der Waals surface area contributed by atoms with Crippen molar-refractivity contribution in [2.24, 2.45) is 17.3 Å². The SMILES string of the molecule is COC(=O)C=CCC1(C)CC1CC(C)C. The lowest BCUT2D eigenvalue weighted by atomic mass is 9.96. The Labute approximate surface area is 92.7 Å². The van der Waals surface area contributed by atoms with Crippen LogP contribution in [-0.4, -0.2) is 13.1 Å². The molecule has 1 aliphatic rings. The van der Waals surface area contributed by atoms with Crippen LogP contribution < -0.4 is 0 Å². The summed E-state index contributed by atoms with van der Waals surface area (Å²) in [6.45, 7) is 6.84. The maximum Gasteiger partial charge on any atom is 0.330 e. The smallest absolute Gasteiger partial charge is 0.330 e. The van der Waals surface area contributed by atoms with Crippen molar-refractivity contribution in [3.05, 3.63) is 12.2 Å². The van der Waals surface area contributed by atoms with Gasteiger partial charge in [0.15, 0.2) is 0 Å². The van der Waals surface area contributed by atoms with Gasteiger partial charge < -0.3 is 4.74 Å².